The number of phenolic OH excluding ortho intramolecular Hbond substituents is 2. The summed E-state index contributed by atoms with van der Waals surface area (Å²) in [4.78, 5) is 61.6. The number of fused-ring (bicyclic) bond motifs is 5. The molecule has 9 rings (SSSR count). The molecule has 0 radical (unpaired) electrons. The molecule has 4 heterocycles. The second kappa shape index (κ2) is 12.8. The number of benzene rings is 3. The second-order valence-corrected chi connectivity index (χ2v) is 17.2. The van der Waals surface area contributed by atoms with Gasteiger partial charge < -0.3 is 10.2 Å². The topological polar surface area (TPSA) is 133 Å². The number of aromatic hydroxyl groups is 2. The number of nitrogens with zero attached hydrogens (tertiary/aromatic N) is 4. The van der Waals surface area contributed by atoms with Crippen LogP contribution < -0.4 is 4.90 Å². The molecule has 4 amide bonds. The predicted molar refractivity (Wildman–Crippen MR) is 210 cm³/mol. The van der Waals surface area contributed by atoms with Crippen LogP contribution in [0.2, 0.25) is 10.0 Å². The number of thiophene rings is 1. The van der Waals surface area contributed by atoms with Crippen molar-refractivity contribution in [3.8, 4) is 22.1 Å². The van der Waals surface area contributed by atoms with Gasteiger partial charge in [-0.25, -0.2) is 4.90 Å². The van der Waals surface area contributed by atoms with E-state index in [1.165, 1.54) is 15.9 Å². The Balaban J connectivity index is 1.11. The Hall–Kier alpha value is -4.97. The Morgan fingerprint density at radius 2 is 1.64 bits per heavy atom. The number of hydrogen-bond donors (Lipinski definition) is 2. The van der Waals surface area contributed by atoms with Crippen molar-refractivity contribution < 1.29 is 29.4 Å². The Labute approximate surface area is 330 Å². The molecule has 3 aromatic carbocycles. The number of carbonyl (C=O) groups excluding carboxylic acids is 4. The Bertz CT molecular complexity index is 2530. The standard InChI is InChI=1S/C42H36Cl2N4O6S/c1-20-27-16-23(44)7-13-33(27)55-37(20)31-19-34(46(3)45-31)48-39(52)30-18-28-25(36(42(30,2)41(48)54)29-17-22(43)6-12-32(29)50)10-11-26-35(28)40(53)47(38(26)51)15-14-21-4-8-24(49)9-5-21/h4-10,12-13,16-17,19,26,28,30,35-36,49-50H,11,14-15,18H2,1-3H3/t26-,28+,30-,35-,36+,42+/m0/s1. The first kappa shape index (κ1) is 35.7. The first-order chi connectivity index (χ1) is 26.3. The van der Waals surface area contributed by atoms with Crippen LogP contribution in [0, 0.1) is 36.0 Å². The maximum atomic E-state index is 15.1. The highest BCUT2D eigenvalue weighted by Crippen LogP contribution is 2.64. The van der Waals surface area contributed by atoms with Crippen LogP contribution in [0.1, 0.15) is 42.4 Å². The fourth-order valence-corrected chi connectivity index (χ4v) is 11.2. The van der Waals surface area contributed by atoms with Crippen LogP contribution in [0.5, 0.6) is 11.5 Å². The lowest BCUT2D eigenvalue weighted by atomic mass is 9.51. The van der Waals surface area contributed by atoms with Crippen LogP contribution >= 0.6 is 34.5 Å². The van der Waals surface area contributed by atoms with Gasteiger partial charge in [-0.05, 0) is 104 Å². The van der Waals surface area contributed by atoms with Gasteiger partial charge in [0, 0.05) is 45.9 Å². The highest BCUT2D eigenvalue weighted by molar-refractivity contribution is 7.22. The van der Waals surface area contributed by atoms with Crippen LogP contribution in [0.4, 0.5) is 5.82 Å². The van der Waals surface area contributed by atoms with Crippen molar-refractivity contribution in [1.82, 2.24) is 14.7 Å². The molecule has 13 heteroatoms. The van der Waals surface area contributed by atoms with Crippen LogP contribution in [0.25, 0.3) is 20.7 Å². The number of aryl methyl sites for hydroxylation is 2. The molecule has 2 aliphatic heterocycles. The molecule has 1 saturated carbocycles. The number of imide groups is 2. The molecule has 55 heavy (non-hydrogen) atoms. The summed E-state index contributed by atoms with van der Waals surface area (Å²) >= 11 is 14.4. The molecular formula is C42H36Cl2N4O6S. The van der Waals surface area contributed by atoms with Crippen LogP contribution in [0.3, 0.4) is 0 Å². The lowest BCUT2D eigenvalue weighted by Crippen LogP contribution is -2.49. The smallest absolute Gasteiger partial charge is 0.242 e. The van der Waals surface area contributed by atoms with Crippen LogP contribution in [0.15, 0.2) is 78.4 Å². The largest absolute Gasteiger partial charge is 0.508 e. The van der Waals surface area contributed by atoms with E-state index in [0.717, 1.165) is 31.7 Å². The zero-order valence-electron chi connectivity index (χ0n) is 30.1. The number of anilines is 1. The van der Waals surface area contributed by atoms with E-state index < -0.39 is 46.8 Å². The van der Waals surface area contributed by atoms with Gasteiger partial charge in [-0.15, -0.1) is 11.3 Å². The third kappa shape index (κ3) is 5.30. The summed E-state index contributed by atoms with van der Waals surface area (Å²) in [5.74, 6) is -4.63. The molecule has 2 saturated heterocycles. The predicted octanol–water partition coefficient (Wildman–Crippen LogP) is 7.80. The zero-order chi connectivity index (χ0) is 38.7. The molecule has 10 nitrogen and oxygen atoms in total. The van der Waals surface area contributed by atoms with Crippen molar-refractivity contribution in [2.24, 2.45) is 36.1 Å². The molecule has 4 aliphatic rings. The van der Waals surface area contributed by atoms with Crippen molar-refractivity contribution in [3.05, 3.63) is 105 Å². The summed E-state index contributed by atoms with van der Waals surface area (Å²) in [6, 6.07) is 18.8. The molecule has 2 aliphatic carbocycles. The van der Waals surface area contributed by atoms with Crippen molar-refractivity contribution in [2.45, 2.75) is 39.0 Å². The third-order valence-corrected chi connectivity index (χ3v) is 14.2. The van der Waals surface area contributed by atoms with Gasteiger partial charge in [0.15, 0.2) is 0 Å². The quantitative estimate of drug-likeness (QED) is 0.132. The van der Waals surface area contributed by atoms with Gasteiger partial charge >= 0.3 is 0 Å². The summed E-state index contributed by atoms with van der Waals surface area (Å²) in [5.41, 5.74) is 2.25. The number of allylic oxidation sites excluding steroid dienone is 2. The molecule has 2 aromatic heterocycles. The number of likely N-dealkylation sites (tertiary alicyclic amines) is 1. The van der Waals surface area contributed by atoms with Gasteiger partial charge in [0.25, 0.3) is 0 Å². The van der Waals surface area contributed by atoms with E-state index in [-0.39, 0.29) is 42.7 Å². The summed E-state index contributed by atoms with van der Waals surface area (Å²) in [7, 11) is 1.70. The molecule has 2 N–H and O–H groups in total. The molecule has 3 fully saturated rings. The van der Waals surface area contributed by atoms with E-state index in [4.69, 9.17) is 28.3 Å². The monoisotopic (exact) mass is 794 g/mol. The molecule has 5 aromatic rings. The lowest BCUT2D eigenvalue weighted by molar-refractivity contribution is -0.140. The number of hydrogen-bond acceptors (Lipinski definition) is 8. The summed E-state index contributed by atoms with van der Waals surface area (Å²) in [5, 5.41) is 27.8. The summed E-state index contributed by atoms with van der Waals surface area (Å²) in [6.07, 6.45) is 2.83. The minimum absolute atomic E-state index is 0.0794. The van der Waals surface area contributed by atoms with Crippen molar-refractivity contribution >= 4 is 74.1 Å². The SMILES string of the molecule is Cc1c(-c2cc(N3C(=O)[C@@H]4C[C@@H]5C(=CC[C@@H]6C(=O)N(CCc7ccc(O)cc7)C(=O)[C@@H]65)[C@H](c5cc(Cl)ccc5O)[C@]4(C)C3=O)n(C)n2)sc2ccc(Cl)cc12. The van der Waals surface area contributed by atoms with E-state index in [0.29, 0.717) is 33.5 Å². The van der Waals surface area contributed by atoms with E-state index in [1.54, 1.807) is 72.5 Å². The maximum absolute atomic E-state index is 15.1. The third-order valence-electron chi connectivity index (χ3n) is 12.4. The minimum atomic E-state index is -1.37. The van der Waals surface area contributed by atoms with E-state index in [2.05, 4.69) is 0 Å². The average molecular weight is 796 g/mol. The Kier molecular flexibility index (Phi) is 8.31. The number of aromatic nitrogens is 2. The van der Waals surface area contributed by atoms with Gasteiger partial charge in [-0.3, -0.25) is 28.8 Å². The molecule has 0 unspecified atom stereocenters. The first-order valence-electron chi connectivity index (χ1n) is 18.2. The number of carbonyl (C=O) groups is 4. The molecule has 0 spiro atoms. The second-order valence-electron chi connectivity index (χ2n) is 15.3. The normalized spacial score (nSPS) is 26.1. The van der Waals surface area contributed by atoms with Crippen LogP contribution in [-0.2, 0) is 32.6 Å². The molecule has 280 valence electrons. The van der Waals surface area contributed by atoms with Crippen molar-refractivity contribution in [2.75, 3.05) is 11.4 Å². The van der Waals surface area contributed by atoms with E-state index >= 15 is 4.79 Å². The van der Waals surface area contributed by atoms with Gasteiger partial charge in [0.05, 0.1) is 28.0 Å². The van der Waals surface area contributed by atoms with E-state index in [1.807, 2.05) is 31.2 Å². The van der Waals surface area contributed by atoms with Crippen molar-refractivity contribution in [3.63, 3.8) is 0 Å². The highest BCUT2D eigenvalue weighted by atomic mass is 35.5. The number of halogens is 2. The average Bonchev–Trinajstić information content (AvgIpc) is 3.82. The fraction of sp³-hybridized carbons (Fsp3) is 0.310. The molecular weight excluding hydrogens is 759 g/mol. The van der Waals surface area contributed by atoms with Gasteiger partial charge in [-0.1, -0.05) is 47.0 Å². The minimum Gasteiger partial charge on any atom is -0.508 e. The van der Waals surface area contributed by atoms with E-state index in [9.17, 15) is 24.6 Å². The maximum Gasteiger partial charge on any atom is 0.242 e. The Morgan fingerprint density at radius 3 is 2.40 bits per heavy atom. The van der Waals surface area contributed by atoms with Crippen LogP contribution in [-0.4, -0.2) is 55.1 Å². The summed E-state index contributed by atoms with van der Waals surface area (Å²) in [6.45, 7) is 3.95. The first-order valence-corrected chi connectivity index (χ1v) is 19.8. The molecule has 6 atom stereocenters. The number of rotatable bonds is 6. The molecule has 0 bridgehead atoms. The summed E-state index contributed by atoms with van der Waals surface area (Å²) < 4.78 is 2.58. The highest BCUT2D eigenvalue weighted by Gasteiger charge is 2.68. The van der Waals surface area contributed by atoms with Gasteiger partial charge in [0.1, 0.15) is 23.0 Å². The number of phenols is 2. The Morgan fingerprint density at radius 1 is 0.909 bits per heavy atom. The lowest BCUT2D eigenvalue weighted by Gasteiger charge is -2.49. The van der Waals surface area contributed by atoms with Crippen molar-refractivity contribution in [1.29, 1.82) is 0 Å². The van der Waals surface area contributed by atoms with Gasteiger partial charge in [-0.2, -0.15) is 5.10 Å². The number of amides is 4. The van der Waals surface area contributed by atoms with Gasteiger partial charge in [0.2, 0.25) is 23.6 Å². The fourth-order valence-electron chi connectivity index (χ4n) is 9.74. The zero-order valence-corrected chi connectivity index (χ0v) is 32.5.